The summed E-state index contributed by atoms with van der Waals surface area (Å²) in [5.41, 5.74) is 7.20. The van der Waals surface area contributed by atoms with Crippen LogP contribution in [0.3, 0.4) is 0 Å². The topological polar surface area (TPSA) is 65.2 Å². The molecule has 0 fully saturated rings. The highest BCUT2D eigenvalue weighted by Crippen LogP contribution is 2.40. The lowest BCUT2D eigenvalue weighted by Crippen LogP contribution is -2.02. The first-order valence-electron chi connectivity index (χ1n) is 10.2. The maximum absolute atomic E-state index is 6.19. The SMILES string of the molecule is Cc1ncc(-c2cccn3ccnc23)c(OCC2=C(c3ccc4ccccc4n3)C2)n1. The molecule has 4 heterocycles. The quantitative estimate of drug-likeness (QED) is 0.417. The average molecular weight is 405 g/mol. The zero-order valence-corrected chi connectivity index (χ0v) is 17.0. The number of aryl methyl sites for hydroxylation is 1. The minimum absolute atomic E-state index is 0.491. The van der Waals surface area contributed by atoms with Gasteiger partial charge in [-0.1, -0.05) is 24.3 Å². The third-order valence-corrected chi connectivity index (χ3v) is 5.57. The molecule has 6 rings (SSSR count). The molecule has 1 aliphatic carbocycles. The maximum Gasteiger partial charge on any atom is 0.225 e. The zero-order chi connectivity index (χ0) is 20.8. The summed E-state index contributed by atoms with van der Waals surface area (Å²) in [5.74, 6) is 1.25. The molecule has 0 aliphatic heterocycles. The van der Waals surface area contributed by atoms with E-state index in [4.69, 9.17) is 9.72 Å². The van der Waals surface area contributed by atoms with Gasteiger partial charge >= 0.3 is 0 Å². The number of imidazole rings is 1. The van der Waals surface area contributed by atoms with Crippen LogP contribution in [0.5, 0.6) is 5.88 Å². The molecule has 0 saturated heterocycles. The Morgan fingerprint density at radius 1 is 0.935 bits per heavy atom. The Bertz CT molecular complexity index is 1480. The van der Waals surface area contributed by atoms with Crippen molar-refractivity contribution in [2.45, 2.75) is 13.3 Å². The minimum Gasteiger partial charge on any atom is -0.473 e. The molecule has 0 amide bonds. The fourth-order valence-electron chi connectivity index (χ4n) is 3.87. The van der Waals surface area contributed by atoms with Gasteiger partial charge in [-0.15, -0.1) is 0 Å². The number of nitrogens with zero attached hydrogens (tertiary/aromatic N) is 5. The second-order valence-corrected chi connectivity index (χ2v) is 7.65. The van der Waals surface area contributed by atoms with E-state index in [1.165, 1.54) is 11.1 Å². The first kappa shape index (κ1) is 17.8. The number of fused-ring (bicyclic) bond motifs is 2. The lowest BCUT2D eigenvalue weighted by atomic mass is 10.1. The number of benzene rings is 1. The van der Waals surface area contributed by atoms with E-state index in [0.717, 1.165) is 39.8 Å². The van der Waals surface area contributed by atoms with Crippen molar-refractivity contribution in [3.8, 4) is 17.0 Å². The Kier molecular flexibility index (Phi) is 4.02. The first-order valence-corrected chi connectivity index (χ1v) is 10.2. The lowest BCUT2D eigenvalue weighted by molar-refractivity contribution is 0.342. The molecule has 4 aromatic heterocycles. The highest BCUT2D eigenvalue weighted by Gasteiger charge is 2.25. The number of allylic oxidation sites excluding steroid dienone is 1. The van der Waals surface area contributed by atoms with Crippen molar-refractivity contribution >= 4 is 22.1 Å². The molecule has 0 unspecified atom stereocenters. The predicted octanol–water partition coefficient (Wildman–Crippen LogP) is 4.88. The van der Waals surface area contributed by atoms with Gasteiger partial charge in [-0.05, 0) is 48.8 Å². The number of ether oxygens (including phenoxy) is 1. The van der Waals surface area contributed by atoms with E-state index < -0.39 is 0 Å². The highest BCUT2D eigenvalue weighted by atomic mass is 16.5. The summed E-state index contributed by atoms with van der Waals surface area (Å²) in [6.07, 6.45) is 8.41. The number of hydrogen-bond donors (Lipinski definition) is 0. The largest absolute Gasteiger partial charge is 0.473 e. The number of pyridine rings is 2. The van der Waals surface area contributed by atoms with Crippen LogP contribution in [0.4, 0.5) is 0 Å². The normalized spacial score (nSPS) is 13.2. The molecule has 150 valence electrons. The van der Waals surface area contributed by atoms with Gasteiger partial charge in [0.15, 0.2) is 0 Å². The lowest BCUT2D eigenvalue weighted by Gasteiger charge is -2.10. The Hall–Kier alpha value is -4.06. The molecule has 5 aromatic rings. The van der Waals surface area contributed by atoms with Gasteiger partial charge < -0.3 is 9.14 Å². The Balaban J connectivity index is 1.30. The first-order chi connectivity index (χ1) is 15.3. The van der Waals surface area contributed by atoms with E-state index >= 15 is 0 Å². The fourth-order valence-corrected chi connectivity index (χ4v) is 3.87. The van der Waals surface area contributed by atoms with Crippen LogP contribution >= 0.6 is 0 Å². The number of hydrogen-bond acceptors (Lipinski definition) is 5. The highest BCUT2D eigenvalue weighted by molar-refractivity contribution is 5.86. The third-order valence-electron chi connectivity index (χ3n) is 5.57. The molecule has 0 atom stereocenters. The van der Waals surface area contributed by atoms with Gasteiger partial charge in [0, 0.05) is 35.7 Å². The summed E-state index contributed by atoms with van der Waals surface area (Å²) in [5, 5.41) is 1.15. The van der Waals surface area contributed by atoms with Gasteiger partial charge in [0.1, 0.15) is 18.1 Å². The molecule has 0 bridgehead atoms. The zero-order valence-electron chi connectivity index (χ0n) is 17.0. The van der Waals surface area contributed by atoms with E-state index in [0.29, 0.717) is 18.3 Å². The van der Waals surface area contributed by atoms with E-state index in [2.05, 4.69) is 33.2 Å². The van der Waals surface area contributed by atoms with Crippen LogP contribution in [-0.2, 0) is 0 Å². The van der Waals surface area contributed by atoms with Crippen molar-refractivity contribution < 1.29 is 4.74 Å². The summed E-state index contributed by atoms with van der Waals surface area (Å²) in [4.78, 5) is 18.2. The number of rotatable bonds is 5. The molecule has 0 radical (unpaired) electrons. The molecule has 6 heteroatoms. The smallest absolute Gasteiger partial charge is 0.225 e. The third kappa shape index (κ3) is 3.22. The van der Waals surface area contributed by atoms with Crippen LogP contribution in [0, 0.1) is 6.92 Å². The van der Waals surface area contributed by atoms with Gasteiger partial charge in [0.05, 0.1) is 16.8 Å². The molecular formula is C25H19N5O. The van der Waals surface area contributed by atoms with Gasteiger partial charge in [0.25, 0.3) is 0 Å². The van der Waals surface area contributed by atoms with Gasteiger partial charge in [-0.25, -0.2) is 15.0 Å². The minimum atomic E-state index is 0.491. The predicted molar refractivity (Wildman–Crippen MR) is 120 cm³/mol. The summed E-state index contributed by atoms with van der Waals surface area (Å²) in [6, 6.07) is 16.4. The van der Waals surface area contributed by atoms with Crippen LogP contribution in [0.15, 0.2) is 78.9 Å². The summed E-state index contributed by atoms with van der Waals surface area (Å²) < 4.78 is 8.17. The van der Waals surface area contributed by atoms with E-state index in [1.54, 1.807) is 6.20 Å². The van der Waals surface area contributed by atoms with Gasteiger partial charge in [-0.2, -0.15) is 4.98 Å². The summed E-state index contributed by atoms with van der Waals surface area (Å²) in [7, 11) is 0. The van der Waals surface area contributed by atoms with Crippen molar-refractivity contribution in [2.75, 3.05) is 6.61 Å². The van der Waals surface area contributed by atoms with Gasteiger partial charge in [-0.3, -0.25) is 0 Å². The molecule has 1 aliphatic rings. The molecule has 6 nitrogen and oxygen atoms in total. The van der Waals surface area contributed by atoms with Crippen molar-refractivity contribution in [3.05, 3.63) is 90.4 Å². The van der Waals surface area contributed by atoms with Crippen molar-refractivity contribution in [3.63, 3.8) is 0 Å². The monoisotopic (exact) mass is 405 g/mol. The standard InChI is InChI=1S/C25H19N5O/c1-16-27-14-21(19-6-4-11-30-12-10-26-24(19)30)25(28-16)31-15-18-13-20(18)23-9-8-17-5-2-3-7-22(17)29-23/h2-12,14H,13,15H2,1H3. The summed E-state index contributed by atoms with van der Waals surface area (Å²) in [6.45, 7) is 2.36. The fraction of sp³-hybridized carbons (Fsp3) is 0.120. The van der Waals surface area contributed by atoms with E-state index in [9.17, 15) is 0 Å². The molecule has 0 saturated carbocycles. The second-order valence-electron chi connectivity index (χ2n) is 7.65. The van der Waals surface area contributed by atoms with Crippen molar-refractivity contribution in [1.29, 1.82) is 0 Å². The van der Waals surface area contributed by atoms with Crippen LogP contribution in [0.1, 0.15) is 17.9 Å². The number of aromatic nitrogens is 5. The van der Waals surface area contributed by atoms with Crippen LogP contribution in [0.25, 0.3) is 33.3 Å². The van der Waals surface area contributed by atoms with Crippen LogP contribution in [-0.4, -0.2) is 30.9 Å². The van der Waals surface area contributed by atoms with Crippen molar-refractivity contribution in [1.82, 2.24) is 24.3 Å². The van der Waals surface area contributed by atoms with Crippen LogP contribution in [0.2, 0.25) is 0 Å². The Labute approximate surface area is 178 Å². The van der Waals surface area contributed by atoms with Crippen LogP contribution < -0.4 is 4.74 Å². The summed E-state index contributed by atoms with van der Waals surface area (Å²) >= 11 is 0. The average Bonchev–Trinajstić information content (AvgIpc) is 3.42. The molecule has 0 spiro atoms. The number of para-hydroxylation sites is 1. The molecule has 1 aromatic carbocycles. The Morgan fingerprint density at radius 2 is 1.87 bits per heavy atom. The van der Waals surface area contributed by atoms with Gasteiger partial charge in [0.2, 0.25) is 5.88 Å². The Morgan fingerprint density at radius 3 is 2.84 bits per heavy atom. The molecule has 31 heavy (non-hydrogen) atoms. The van der Waals surface area contributed by atoms with E-state index in [-0.39, 0.29) is 0 Å². The van der Waals surface area contributed by atoms with E-state index in [1.807, 2.05) is 60.2 Å². The molecular weight excluding hydrogens is 386 g/mol. The second kappa shape index (κ2) is 7.02. The molecule has 0 N–H and O–H groups in total. The van der Waals surface area contributed by atoms with Crippen molar-refractivity contribution in [2.24, 2.45) is 0 Å². The maximum atomic E-state index is 6.19.